The highest BCUT2D eigenvalue weighted by Gasteiger charge is 2.05. The SMILES string of the molecule is C=C(OCC)c1cnccc1CNC. The highest BCUT2D eigenvalue weighted by atomic mass is 16.5. The summed E-state index contributed by atoms with van der Waals surface area (Å²) in [5.41, 5.74) is 2.13. The number of pyridine rings is 1. The maximum absolute atomic E-state index is 5.35. The van der Waals surface area contributed by atoms with Gasteiger partial charge in [-0.3, -0.25) is 4.98 Å². The van der Waals surface area contributed by atoms with Crippen LogP contribution < -0.4 is 5.32 Å². The molecule has 0 aromatic carbocycles. The first-order chi connectivity index (χ1) is 6.79. The Balaban J connectivity index is 2.88. The Morgan fingerprint density at radius 2 is 2.43 bits per heavy atom. The molecule has 1 N–H and O–H groups in total. The normalized spacial score (nSPS) is 9.86. The van der Waals surface area contributed by atoms with Crippen LogP contribution in [0.5, 0.6) is 0 Å². The number of hydrogen-bond acceptors (Lipinski definition) is 3. The molecule has 1 aromatic rings. The van der Waals surface area contributed by atoms with E-state index in [0.717, 1.165) is 17.7 Å². The molecule has 0 amide bonds. The fourth-order valence-electron chi connectivity index (χ4n) is 1.27. The lowest BCUT2D eigenvalue weighted by atomic mass is 10.1. The lowest BCUT2D eigenvalue weighted by molar-refractivity contribution is 0.298. The third kappa shape index (κ3) is 2.57. The molecule has 1 aromatic heterocycles. The number of ether oxygens (including phenoxy) is 1. The predicted octanol–water partition coefficient (Wildman–Crippen LogP) is 1.81. The minimum absolute atomic E-state index is 0.632. The number of nitrogens with zero attached hydrogens (tertiary/aromatic N) is 1. The van der Waals surface area contributed by atoms with Crippen LogP contribution in [0.2, 0.25) is 0 Å². The molecule has 0 unspecified atom stereocenters. The van der Waals surface area contributed by atoms with E-state index in [1.165, 1.54) is 0 Å². The van der Waals surface area contributed by atoms with Gasteiger partial charge in [0.1, 0.15) is 5.76 Å². The largest absolute Gasteiger partial charge is 0.494 e. The second kappa shape index (κ2) is 5.40. The minimum atomic E-state index is 0.632. The van der Waals surface area contributed by atoms with Gasteiger partial charge in [0.25, 0.3) is 0 Å². The molecular formula is C11H16N2O. The third-order valence-electron chi connectivity index (χ3n) is 1.90. The van der Waals surface area contributed by atoms with Crippen LogP contribution in [0, 0.1) is 0 Å². The van der Waals surface area contributed by atoms with Crippen LogP contribution >= 0.6 is 0 Å². The number of nitrogens with one attached hydrogen (secondary N) is 1. The molecule has 1 heterocycles. The number of hydrogen-bond donors (Lipinski definition) is 1. The second-order valence-corrected chi connectivity index (χ2v) is 2.92. The molecule has 0 spiro atoms. The summed E-state index contributed by atoms with van der Waals surface area (Å²) < 4.78 is 5.35. The van der Waals surface area contributed by atoms with Crippen LogP contribution in [0.15, 0.2) is 25.0 Å². The average Bonchev–Trinajstić information content (AvgIpc) is 2.19. The summed E-state index contributed by atoms with van der Waals surface area (Å²) in [7, 11) is 1.91. The van der Waals surface area contributed by atoms with Gasteiger partial charge in [-0.1, -0.05) is 6.58 Å². The highest BCUT2D eigenvalue weighted by Crippen LogP contribution is 2.17. The lowest BCUT2D eigenvalue weighted by Crippen LogP contribution is -2.08. The second-order valence-electron chi connectivity index (χ2n) is 2.92. The Labute approximate surface area is 84.8 Å². The van der Waals surface area contributed by atoms with Gasteiger partial charge in [0.15, 0.2) is 0 Å². The van der Waals surface area contributed by atoms with E-state index >= 15 is 0 Å². The van der Waals surface area contributed by atoms with E-state index < -0.39 is 0 Å². The van der Waals surface area contributed by atoms with Crippen molar-refractivity contribution in [1.29, 1.82) is 0 Å². The quantitative estimate of drug-likeness (QED) is 0.722. The summed E-state index contributed by atoms with van der Waals surface area (Å²) in [5, 5.41) is 3.10. The molecule has 0 aliphatic rings. The van der Waals surface area contributed by atoms with Crippen molar-refractivity contribution in [2.45, 2.75) is 13.5 Å². The van der Waals surface area contributed by atoms with Gasteiger partial charge in [-0.25, -0.2) is 0 Å². The molecular weight excluding hydrogens is 176 g/mol. The van der Waals surface area contributed by atoms with E-state index in [0.29, 0.717) is 12.4 Å². The van der Waals surface area contributed by atoms with Crippen molar-refractivity contribution in [1.82, 2.24) is 10.3 Å². The summed E-state index contributed by atoms with van der Waals surface area (Å²) in [6, 6.07) is 1.97. The van der Waals surface area contributed by atoms with Gasteiger partial charge in [0, 0.05) is 24.5 Å². The Morgan fingerprint density at radius 1 is 1.64 bits per heavy atom. The van der Waals surface area contributed by atoms with Crippen molar-refractivity contribution in [2.24, 2.45) is 0 Å². The lowest BCUT2D eigenvalue weighted by Gasteiger charge is -2.11. The van der Waals surface area contributed by atoms with Gasteiger partial charge >= 0.3 is 0 Å². The molecule has 76 valence electrons. The number of rotatable bonds is 5. The van der Waals surface area contributed by atoms with E-state index in [1.54, 1.807) is 12.4 Å². The smallest absolute Gasteiger partial charge is 0.121 e. The Kier molecular flexibility index (Phi) is 4.13. The molecule has 0 saturated carbocycles. The monoisotopic (exact) mass is 192 g/mol. The summed E-state index contributed by atoms with van der Waals surface area (Å²) in [4.78, 5) is 4.06. The first-order valence-electron chi connectivity index (χ1n) is 4.69. The van der Waals surface area contributed by atoms with Crippen LogP contribution in [0.1, 0.15) is 18.1 Å². The van der Waals surface area contributed by atoms with Gasteiger partial charge in [-0.15, -0.1) is 0 Å². The maximum Gasteiger partial charge on any atom is 0.121 e. The van der Waals surface area contributed by atoms with Gasteiger partial charge in [-0.05, 0) is 25.6 Å². The Bertz CT molecular complexity index is 310. The van der Waals surface area contributed by atoms with Crippen LogP contribution in [-0.4, -0.2) is 18.6 Å². The van der Waals surface area contributed by atoms with Gasteiger partial charge < -0.3 is 10.1 Å². The molecule has 0 aliphatic carbocycles. The zero-order valence-electron chi connectivity index (χ0n) is 8.71. The molecule has 0 fully saturated rings. The summed E-state index contributed by atoms with van der Waals surface area (Å²) in [5.74, 6) is 0.686. The minimum Gasteiger partial charge on any atom is -0.494 e. The average molecular weight is 192 g/mol. The van der Waals surface area contributed by atoms with E-state index in [-0.39, 0.29) is 0 Å². The fraction of sp³-hybridized carbons (Fsp3) is 0.364. The van der Waals surface area contributed by atoms with Crippen LogP contribution in [0.3, 0.4) is 0 Å². The molecule has 3 nitrogen and oxygen atoms in total. The fourth-order valence-corrected chi connectivity index (χ4v) is 1.27. The van der Waals surface area contributed by atoms with Crippen molar-refractivity contribution in [3.05, 3.63) is 36.2 Å². The molecule has 0 atom stereocenters. The van der Waals surface area contributed by atoms with E-state index in [4.69, 9.17) is 4.74 Å². The molecule has 0 radical (unpaired) electrons. The summed E-state index contributed by atoms with van der Waals surface area (Å²) in [6.45, 7) is 7.24. The van der Waals surface area contributed by atoms with Crippen molar-refractivity contribution in [3.63, 3.8) is 0 Å². The van der Waals surface area contributed by atoms with Crippen molar-refractivity contribution in [2.75, 3.05) is 13.7 Å². The Hall–Kier alpha value is -1.35. The zero-order chi connectivity index (χ0) is 10.4. The topological polar surface area (TPSA) is 34.1 Å². The standard InChI is InChI=1S/C11H16N2O/c1-4-14-9(2)11-8-13-6-5-10(11)7-12-3/h5-6,8,12H,2,4,7H2,1,3H3. The van der Waals surface area contributed by atoms with E-state index in [1.807, 2.05) is 20.0 Å². The molecule has 3 heteroatoms. The first-order valence-corrected chi connectivity index (χ1v) is 4.69. The summed E-state index contributed by atoms with van der Waals surface area (Å²) >= 11 is 0. The highest BCUT2D eigenvalue weighted by molar-refractivity contribution is 5.59. The van der Waals surface area contributed by atoms with Gasteiger partial charge in [0.05, 0.1) is 6.61 Å². The van der Waals surface area contributed by atoms with Gasteiger partial charge in [0.2, 0.25) is 0 Å². The number of aromatic nitrogens is 1. The van der Waals surface area contributed by atoms with Crippen LogP contribution in [-0.2, 0) is 11.3 Å². The van der Waals surface area contributed by atoms with Crippen LogP contribution in [0.25, 0.3) is 5.76 Å². The third-order valence-corrected chi connectivity index (χ3v) is 1.90. The van der Waals surface area contributed by atoms with E-state index in [2.05, 4.69) is 16.9 Å². The van der Waals surface area contributed by atoms with Crippen LogP contribution in [0.4, 0.5) is 0 Å². The summed E-state index contributed by atoms with van der Waals surface area (Å²) in [6.07, 6.45) is 3.56. The Morgan fingerprint density at radius 3 is 3.07 bits per heavy atom. The van der Waals surface area contributed by atoms with Crippen molar-refractivity contribution < 1.29 is 4.74 Å². The van der Waals surface area contributed by atoms with E-state index in [9.17, 15) is 0 Å². The maximum atomic E-state index is 5.35. The molecule has 0 bridgehead atoms. The zero-order valence-corrected chi connectivity index (χ0v) is 8.71. The molecule has 0 aliphatic heterocycles. The molecule has 14 heavy (non-hydrogen) atoms. The van der Waals surface area contributed by atoms with Crippen molar-refractivity contribution in [3.8, 4) is 0 Å². The first kappa shape index (κ1) is 10.7. The molecule has 1 rings (SSSR count). The predicted molar refractivity (Wildman–Crippen MR) is 57.7 cm³/mol. The van der Waals surface area contributed by atoms with Gasteiger partial charge in [-0.2, -0.15) is 0 Å². The molecule has 0 saturated heterocycles. The van der Waals surface area contributed by atoms with Crippen molar-refractivity contribution >= 4 is 5.76 Å².